The summed E-state index contributed by atoms with van der Waals surface area (Å²) >= 11 is 9.42. The molecule has 2 nitrogen and oxygen atoms in total. The van der Waals surface area contributed by atoms with Crippen molar-refractivity contribution in [3.05, 3.63) is 63.1 Å². The maximum atomic E-state index is 6.00. The van der Waals surface area contributed by atoms with E-state index in [0.717, 1.165) is 32.9 Å². The van der Waals surface area contributed by atoms with Crippen LogP contribution in [0.4, 0.5) is 0 Å². The van der Waals surface area contributed by atoms with E-state index in [1.54, 1.807) is 0 Å². The second-order valence-electron chi connectivity index (χ2n) is 4.20. The zero-order valence-corrected chi connectivity index (χ0v) is 13.0. The van der Waals surface area contributed by atoms with Crippen molar-refractivity contribution >= 4 is 27.5 Å². The molecule has 2 aromatic carbocycles. The van der Waals surface area contributed by atoms with Gasteiger partial charge < -0.3 is 10.1 Å². The van der Waals surface area contributed by atoms with Crippen molar-refractivity contribution in [3.63, 3.8) is 0 Å². The molecule has 0 unspecified atom stereocenters. The number of hydrogen-bond donors (Lipinski definition) is 1. The molecule has 4 heteroatoms. The van der Waals surface area contributed by atoms with Crippen molar-refractivity contribution in [1.29, 1.82) is 0 Å². The summed E-state index contributed by atoms with van der Waals surface area (Å²) in [5.41, 5.74) is 2.20. The Bertz CT molecular complexity index is 542. The fraction of sp³-hybridized carbons (Fsp3) is 0.200. The molecule has 0 heterocycles. The molecule has 0 spiro atoms. The molecule has 0 atom stereocenters. The topological polar surface area (TPSA) is 21.3 Å². The van der Waals surface area contributed by atoms with Crippen LogP contribution in [0.15, 0.2) is 46.9 Å². The zero-order valence-electron chi connectivity index (χ0n) is 10.6. The van der Waals surface area contributed by atoms with E-state index in [4.69, 9.17) is 16.3 Å². The lowest BCUT2D eigenvalue weighted by Crippen LogP contribution is -2.07. The van der Waals surface area contributed by atoms with Gasteiger partial charge in [-0.25, -0.2) is 0 Å². The molecule has 0 amide bonds. The van der Waals surface area contributed by atoms with Gasteiger partial charge in [-0.1, -0.05) is 39.7 Å². The van der Waals surface area contributed by atoms with E-state index in [-0.39, 0.29) is 0 Å². The Morgan fingerprint density at radius 3 is 2.58 bits per heavy atom. The van der Waals surface area contributed by atoms with Crippen molar-refractivity contribution < 1.29 is 4.74 Å². The van der Waals surface area contributed by atoms with Crippen LogP contribution < -0.4 is 10.1 Å². The fourth-order valence-electron chi connectivity index (χ4n) is 1.76. The Hall–Kier alpha value is -1.03. The molecule has 0 radical (unpaired) electrons. The second kappa shape index (κ2) is 6.94. The molecule has 0 aliphatic heterocycles. The Labute approximate surface area is 126 Å². The number of ether oxygens (including phenoxy) is 1. The molecule has 0 aromatic heterocycles. The minimum atomic E-state index is 0.547. The number of benzene rings is 2. The Kier molecular flexibility index (Phi) is 5.25. The summed E-state index contributed by atoms with van der Waals surface area (Å²) in [5, 5.41) is 3.84. The predicted molar refractivity (Wildman–Crippen MR) is 82.7 cm³/mol. The van der Waals surface area contributed by atoms with Gasteiger partial charge in [-0.05, 0) is 42.9 Å². The van der Waals surface area contributed by atoms with E-state index in [0.29, 0.717) is 6.61 Å². The van der Waals surface area contributed by atoms with Gasteiger partial charge in [0.2, 0.25) is 0 Å². The number of nitrogens with one attached hydrogen (secondary N) is 1. The maximum Gasteiger partial charge on any atom is 0.124 e. The van der Waals surface area contributed by atoms with Crippen LogP contribution in [0.5, 0.6) is 5.75 Å². The number of rotatable bonds is 5. The molecule has 0 saturated heterocycles. The van der Waals surface area contributed by atoms with E-state index in [1.807, 2.05) is 49.5 Å². The summed E-state index contributed by atoms with van der Waals surface area (Å²) in [7, 11) is 1.90. The molecule has 0 saturated carbocycles. The lowest BCUT2D eigenvalue weighted by molar-refractivity contribution is 0.302. The van der Waals surface area contributed by atoms with Crippen molar-refractivity contribution in [2.24, 2.45) is 0 Å². The highest BCUT2D eigenvalue weighted by Gasteiger charge is 2.04. The average molecular weight is 341 g/mol. The number of halogens is 2. The summed E-state index contributed by atoms with van der Waals surface area (Å²) < 4.78 is 6.92. The van der Waals surface area contributed by atoms with Crippen LogP contribution in [-0.4, -0.2) is 7.05 Å². The van der Waals surface area contributed by atoms with E-state index in [1.165, 1.54) is 0 Å². The monoisotopic (exact) mass is 339 g/mol. The highest BCUT2D eigenvalue weighted by molar-refractivity contribution is 9.10. The summed E-state index contributed by atoms with van der Waals surface area (Å²) in [5.74, 6) is 0.863. The van der Waals surface area contributed by atoms with Gasteiger partial charge in [0.25, 0.3) is 0 Å². The molecule has 1 N–H and O–H groups in total. The Morgan fingerprint density at radius 1 is 1.16 bits per heavy atom. The lowest BCUT2D eigenvalue weighted by Gasteiger charge is -2.12. The van der Waals surface area contributed by atoms with Crippen LogP contribution in [0.25, 0.3) is 0 Å². The minimum absolute atomic E-state index is 0.547. The smallest absolute Gasteiger partial charge is 0.124 e. The molecular formula is C15H15BrClNO. The third kappa shape index (κ3) is 4.23. The molecule has 0 bridgehead atoms. The lowest BCUT2D eigenvalue weighted by atomic mass is 10.2. The Balaban J connectivity index is 2.08. The van der Waals surface area contributed by atoms with Gasteiger partial charge in [-0.3, -0.25) is 0 Å². The van der Waals surface area contributed by atoms with Crippen LogP contribution in [0.3, 0.4) is 0 Å². The second-order valence-corrected chi connectivity index (χ2v) is 5.55. The van der Waals surface area contributed by atoms with Crippen molar-refractivity contribution in [2.45, 2.75) is 13.2 Å². The summed E-state index contributed by atoms with van der Waals surface area (Å²) in [6.07, 6.45) is 0. The van der Waals surface area contributed by atoms with Crippen LogP contribution in [0.1, 0.15) is 11.1 Å². The average Bonchev–Trinajstić information content (AvgIpc) is 2.40. The van der Waals surface area contributed by atoms with E-state index >= 15 is 0 Å². The zero-order chi connectivity index (χ0) is 13.7. The molecule has 2 rings (SSSR count). The van der Waals surface area contributed by atoms with Gasteiger partial charge in [0.15, 0.2) is 0 Å². The highest BCUT2D eigenvalue weighted by Crippen LogP contribution is 2.24. The summed E-state index contributed by atoms with van der Waals surface area (Å²) in [6, 6.07) is 13.8. The molecule has 0 aliphatic carbocycles. The fourth-order valence-corrected chi connectivity index (χ4v) is 2.22. The third-order valence-corrected chi connectivity index (χ3v) is 3.46. The van der Waals surface area contributed by atoms with Crippen LogP contribution >= 0.6 is 27.5 Å². The van der Waals surface area contributed by atoms with Crippen molar-refractivity contribution in [3.8, 4) is 5.75 Å². The summed E-state index contributed by atoms with van der Waals surface area (Å²) in [6.45, 7) is 1.28. The highest BCUT2D eigenvalue weighted by atomic mass is 79.9. The van der Waals surface area contributed by atoms with Gasteiger partial charge in [-0.2, -0.15) is 0 Å². The molecule has 0 aliphatic rings. The first-order chi connectivity index (χ1) is 9.19. The largest absolute Gasteiger partial charge is 0.489 e. The van der Waals surface area contributed by atoms with Gasteiger partial charge in [0.1, 0.15) is 12.4 Å². The third-order valence-electron chi connectivity index (χ3n) is 2.70. The van der Waals surface area contributed by atoms with Crippen LogP contribution in [0.2, 0.25) is 5.02 Å². The van der Waals surface area contributed by atoms with E-state index < -0.39 is 0 Å². The quantitative estimate of drug-likeness (QED) is 0.871. The first-order valence-electron chi connectivity index (χ1n) is 5.99. The number of hydrogen-bond acceptors (Lipinski definition) is 2. The first-order valence-corrected chi connectivity index (χ1v) is 7.16. The predicted octanol–water partition coefficient (Wildman–Crippen LogP) is 4.40. The first kappa shape index (κ1) is 14.4. The standard InChI is InChI=1S/C15H15BrClNO/c1-18-9-12-8-14(17)6-7-15(12)19-10-11-2-4-13(16)5-3-11/h2-8,18H,9-10H2,1H3. The molecule has 0 fully saturated rings. The Morgan fingerprint density at radius 2 is 1.89 bits per heavy atom. The molecule has 100 valence electrons. The summed E-state index contributed by atoms with van der Waals surface area (Å²) in [4.78, 5) is 0. The van der Waals surface area contributed by atoms with Gasteiger partial charge in [0.05, 0.1) is 0 Å². The minimum Gasteiger partial charge on any atom is -0.489 e. The van der Waals surface area contributed by atoms with Crippen LogP contribution in [0, 0.1) is 0 Å². The van der Waals surface area contributed by atoms with Gasteiger partial charge in [-0.15, -0.1) is 0 Å². The van der Waals surface area contributed by atoms with Crippen LogP contribution in [-0.2, 0) is 13.2 Å². The molecular weight excluding hydrogens is 326 g/mol. The van der Waals surface area contributed by atoms with E-state index in [9.17, 15) is 0 Å². The van der Waals surface area contributed by atoms with Gasteiger partial charge in [0, 0.05) is 21.6 Å². The van der Waals surface area contributed by atoms with E-state index in [2.05, 4.69) is 21.2 Å². The molecule has 2 aromatic rings. The molecule has 19 heavy (non-hydrogen) atoms. The van der Waals surface area contributed by atoms with Crippen molar-refractivity contribution in [2.75, 3.05) is 7.05 Å². The van der Waals surface area contributed by atoms with Gasteiger partial charge >= 0.3 is 0 Å². The normalized spacial score (nSPS) is 10.5. The van der Waals surface area contributed by atoms with Crippen molar-refractivity contribution in [1.82, 2.24) is 5.32 Å². The SMILES string of the molecule is CNCc1cc(Cl)ccc1OCc1ccc(Br)cc1. The maximum absolute atomic E-state index is 6.00.